The minimum atomic E-state index is -2.95. The van der Waals surface area contributed by atoms with Gasteiger partial charge in [0.2, 0.25) is 0 Å². The van der Waals surface area contributed by atoms with Gasteiger partial charge >= 0.3 is 31.0 Å². The molecule has 1 radical (unpaired) electrons. The van der Waals surface area contributed by atoms with Crippen molar-refractivity contribution in [2.45, 2.75) is 55.4 Å². The van der Waals surface area contributed by atoms with Gasteiger partial charge in [-0.15, -0.1) is 0 Å². The number of fused-ring (bicyclic) bond motifs is 4. The van der Waals surface area contributed by atoms with E-state index in [2.05, 4.69) is 56.9 Å². The van der Waals surface area contributed by atoms with Crippen LogP contribution in [0.3, 0.4) is 0 Å². The van der Waals surface area contributed by atoms with Crippen LogP contribution < -0.4 is 18.9 Å². The predicted molar refractivity (Wildman–Crippen MR) is 249 cm³/mol. The smallest absolute Gasteiger partial charge is 0.616 e. The fourth-order valence-electron chi connectivity index (χ4n) is 7.65. The van der Waals surface area contributed by atoms with E-state index in [1.54, 1.807) is 6.07 Å². The Kier molecular flexibility index (Phi) is 12.5. The minimum Gasteiger partial charge on any atom is -0.616 e. The third-order valence-electron chi connectivity index (χ3n) is 10.4. The van der Waals surface area contributed by atoms with E-state index in [0.29, 0.717) is 34.5 Å². The molecule has 0 aliphatic carbocycles. The lowest BCUT2D eigenvalue weighted by Crippen LogP contribution is -2.37. The molecule has 62 heavy (non-hydrogen) atoms. The van der Waals surface area contributed by atoms with Crippen LogP contribution >= 0.6 is 0 Å². The molecule has 0 aliphatic heterocycles. The molecule has 5 aromatic carbocycles. The van der Waals surface area contributed by atoms with Crippen molar-refractivity contribution in [2.24, 2.45) is 0 Å². The van der Waals surface area contributed by atoms with Crippen LogP contribution in [0.5, 0.6) is 34.5 Å². The van der Waals surface area contributed by atoms with Crippen LogP contribution in [0, 0.1) is 55.4 Å². The summed E-state index contributed by atoms with van der Waals surface area (Å²) in [5, 5.41) is 11.9. The summed E-state index contributed by atoms with van der Waals surface area (Å²) in [7, 11) is 0. The lowest BCUT2D eigenvalue weighted by molar-refractivity contribution is 0.309. The Balaban J connectivity index is 0.000000346. The molecule has 0 spiro atoms. The molecule has 307 valence electrons. The Hall–Kier alpha value is -6.40. The first kappa shape index (κ1) is 42.3. The molecular formula is C50H46Al2N4O6+. The van der Waals surface area contributed by atoms with Gasteiger partial charge in [0, 0.05) is 50.4 Å². The molecule has 9 aromatic rings. The predicted octanol–water partition coefficient (Wildman–Crippen LogP) is 11.0. The van der Waals surface area contributed by atoms with Crippen LogP contribution in [0.25, 0.3) is 43.6 Å². The van der Waals surface area contributed by atoms with Gasteiger partial charge in [-0.1, -0.05) is 48.5 Å². The SMILES string of the molecule is Cc1cc(C)c2cccc([OH2+])c2n1.Cc1cc(C)c2cccc([O][Al][O]c3ccc([O][Al]([O]c4cccc5c(C)cc(C)nc45)[O]c4cccc5c(C)cc(C)nc45)cc3)c2n1. The third-order valence-corrected chi connectivity index (χ3v) is 12.5. The molecule has 0 aliphatic rings. The van der Waals surface area contributed by atoms with E-state index in [-0.39, 0.29) is 0 Å². The van der Waals surface area contributed by atoms with Crippen LogP contribution in [0.4, 0.5) is 0 Å². The summed E-state index contributed by atoms with van der Waals surface area (Å²) in [4.78, 5) is 18.7. The average molecular weight is 853 g/mol. The van der Waals surface area contributed by atoms with Gasteiger partial charge in [0.25, 0.3) is 5.75 Å². The Morgan fingerprint density at radius 2 is 0.774 bits per heavy atom. The van der Waals surface area contributed by atoms with Gasteiger partial charge in [0.05, 0.1) is 11.5 Å². The van der Waals surface area contributed by atoms with Crippen LogP contribution in [-0.2, 0) is 0 Å². The molecule has 10 nitrogen and oxygen atoms in total. The van der Waals surface area contributed by atoms with Crippen molar-refractivity contribution < 1.29 is 24.0 Å². The molecule has 0 saturated carbocycles. The summed E-state index contributed by atoms with van der Waals surface area (Å²) < 4.78 is 31.8. The monoisotopic (exact) mass is 852 g/mol. The first-order valence-electron chi connectivity index (χ1n) is 20.3. The Bertz CT molecular complexity index is 3020. The number of benzene rings is 5. The number of aryl methyl sites for hydroxylation is 8. The van der Waals surface area contributed by atoms with Crippen molar-refractivity contribution in [1.29, 1.82) is 0 Å². The summed E-state index contributed by atoms with van der Waals surface area (Å²) in [6.45, 7) is 16.2. The fraction of sp³-hybridized carbons (Fsp3) is 0.160. The normalized spacial score (nSPS) is 11.0. The lowest BCUT2D eigenvalue weighted by atomic mass is 10.1. The fourth-order valence-corrected chi connectivity index (χ4v) is 9.58. The number of nitrogens with zero attached hydrogens (tertiary/aromatic N) is 4. The second-order valence-electron chi connectivity index (χ2n) is 15.4. The van der Waals surface area contributed by atoms with Crippen molar-refractivity contribution in [1.82, 2.24) is 19.9 Å². The topological polar surface area (TPSA) is 121 Å². The average Bonchev–Trinajstić information content (AvgIpc) is 3.23. The van der Waals surface area contributed by atoms with Gasteiger partial charge in [-0.3, -0.25) is 0 Å². The zero-order valence-corrected chi connectivity index (χ0v) is 38.3. The van der Waals surface area contributed by atoms with Gasteiger partial charge in [-0.25, -0.2) is 19.9 Å². The molecule has 0 fully saturated rings. The van der Waals surface area contributed by atoms with E-state index in [9.17, 15) is 0 Å². The zero-order chi connectivity index (χ0) is 43.5. The van der Waals surface area contributed by atoms with Crippen LogP contribution in [0.15, 0.2) is 121 Å². The van der Waals surface area contributed by atoms with Gasteiger partial charge in [-0.05, 0) is 144 Å². The van der Waals surface area contributed by atoms with E-state index in [0.717, 1.165) is 83.1 Å². The van der Waals surface area contributed by atoms with E-state index in [1.165, 1.54) is 5.56 Å². The number of hydrogen-bond donors (Lipinski definition) is 0. The summed E-state index contributed by atoms with van der Waals surface area (Å²) in [6, 6.07) is 39.1. The summed E-state index contributed by atoms with van der Waals surface area (Å²) in [5.41, 5.74) is 11.5. The highest BCUT2D eigenvalue weighted by atomic mass is 27.3. The van der Waals surface area contributed by atoms with Gasteiger partial charge < -0.3 is 24.0 Å². The molecule has 0 saturated heterocycles. The highest BCUT2D eigenvalue weighted by Gasteiger charge is 2.45. The summed E-state index contributed by atoms with van der Waals surface area (Å²) in [5.74, 6) is 3.68. The first-order valence-corrected chi connectivity index (χ1v) is 22.7. The summed E-state index contributed by atoms with van der Waals surface area (Å²) in [6.07, 6.45) is 0. The molecule has 4 aromatic heterocycles. The van der Waals surface area contributed by atoms with Crippen molar-refractivity contribution in [2.75, 3.05) is 0 Å². The second kappa shape index (κ2) is 18.3. The highest BCUT2D eigenvalue weighted by molar-refractivity contribution is 6.40. The van der Waals surface area contributed by atoms with Crippen molar-refractivity contribution in [3.8, 4) is 34.5 Å². The van der Waals surface area contributed by atoms with E-state index in [4.69, 9.17) is 39.0 Å². The minimum absolute atomic E-state index is 0.504. The molecule has 9 rings (SSSR count). The van der Waals surface area contributed by atoms with Crippen LogP contribution in [0.1, 0.15) is 45.0 Å². The molecule has 0 amide bonds. The van der Waals surface area contributed by atoms with Crippen molar-refractivity contribution >= 4 is 74.6 Å². The van der Waals surface area contributed by atoms with Gasteiger partial charge in [0.1, 0.15) is 33.8 Å². The molecule has 0 atom stereocenters. The van der Waals surface area contributed by atoms with E-state index < -0.39 is 31.0 Å². The van der Waals surface area contributed by atoms with Crippen molar-refractivity contribution in [3.05, 3.63) is 166 Å². The maximum Gasteiger partial charge on any atom is 1.20 e. The maximum atomic E-state index is 7.69. The highest BCUT2D eigenvalue weighted by Crippen LogP contribution is 2.32. The Morgan fingerprint density at radius 3 is 1.24 bits per heavy atom. The molecule has 0 unspecified atom stereocenters. The second-order valence-corrected chi connectivity index (χ2v) is 17.4. The molecule has 12 heteroatoms. The van der Waals surface area contributed by atoms with Gasteiger partial charge in [-0.2, -0.15) is 0 Å². The quantitative estimate of drug-likeness (QED) is 0.0978. The number of hydrogen-bond acceptors (Lipinski definition) is 9. The Morgan fingerprint density at radius 1 is 0.403 bits per heavy atom. The largest absolute Gasteiger partial charge is 1.20 e. The zero-order valence-electron chi connectivity index (χ0n) is 36.0. The van der Waals surface area contributed by atoms with Crippen molar-refractivity contribution in [3.63, 3.8) is 0 Å². The third kappa shape index (κ3) is 9.40. The molecule has 0 bridgehead atoms. The Labute approximate surface area is 372 Å². The molecule has 4 heterocycles. The number of pyridine rings is 4. The number of para-hydroxylation sites is 4. The standard InChI is InChI=1S/4C11H11NO.C6H6O2.2Al/c4*1-7-6-8(2)12-11-9(7)4-3-5-10(11)13;7-5-1-2-6(8)4-3-5;;/h4*3-6,13H,1-2H3;1-4,7-8H;;/q;;;;;+2;+3/p-4. The first-order chi connectivity index (χ1) is 29.9. The lowest BCUT2D eigenvalue weighted by Gasteiger charge is -2.19. The van der Waals surface area contributed by atoms with E-state index in [1.807, 2.05) is 119 Å². The summed E-state index contributed by atoms with van der Waals surface area (Å²) >= 11 is -3.78. The number of rotatable bonds is 10. The van der Waals surface area contributed by atoms with Gasteiger partial charge in [0.15, 0.2) is 5.52 Å². The van der Waals surface area contributed by atoms with E-state index >= 15 is 0 Å². The van der Waals surface area contributed by atoms with Crippen LogP contribution in [0.2, 0.25) is 0 Å². The number of aromatic nitrogens is 4. The molecular weight excluding hydrogens is 807 g/mol. The molecule has 2 N–H and O–H groups in total. The van der Waals surface area contributed by atoms with Crippen LogP contribution in [-0.4, -0.2) is 56.1 Å². The maximum absolute atomic E-state index is 7.69.